The average Bonchev–Trinajstić information content (AvgIpc) is 2.91. The van der Waals surface area contributed by atoms with E-state index in [1.165, 1.54) is 0 Å². The number of benzene rings is 2. The maximum Gasteiger partial charge on any atom is 0.339 e. The first kappa shape index (κ1) is 33.8. The number of esters is 3. The molecule has 0 spiro atoms. The second kappa shape index (κ2) is 22.1. The number of hydrogen-bond donors (Lipinski definition) is 0. The molecular formula is C31H46O6. The summed E-state index contributed by atoms with van der Waals surface area (Å²) in [6, 6.07) is 18.6. The fraction of sp³-hybridized carbons (Fsp3) is 0.516. The monoisotopic (exact) mass is 514 g/mol. The van der Waals surface area contributed by atoms with Gasteiger partial charge in [-0.25, -0.2) is 9.59 Å². The van der Waals surface area contributed by atoms with Crippen molar-refractivity contribution < 1.29 is 28.6 Å². The molecule has 0 fully saturated rings. The van der Waals surface area contributed by atoms with Crippen molar-refractivity contribution in [1.82, 2.24) is 0 Å². The van der Waals surface area contributed by atoms with Crippen LogP contribution in [0, 0.1) is 11.8 Å². The Morgan fingerprint density at radius 1 is 0.622 bits per heavy atom. The van der Waals surface area contributed by atoms with Gasteiger partial charge >= 0.3 is 17.9 Å². The lowest BCUT2D eigenvalue weighted by Crippen LogP contribution is -2.17. The Labute approximate surface area is 223 Å². The van der Waals surface area contributed by atoms with E-state index in [9.17, 15) is 14.4 Å². The molecule has 0 saturated heterocycles. The van der Waals surface area contributed by atoms with Crippen LogP contribution in [0.4, 0.5) is 0 Å². The molecule has 206 valence electrons. The van der Waals surface area contributed by atoms with Crippen LogP contribution in [0.5, 0.6) is 0 Å². The van der Waals surface area contributed by atoms with Crippen LogP contribution in [0.2, 0.25) is 0 Å². The zero-order valence-corrected chi connectivity index (χ0v) is 23.5. The highest BCUT2D eigenvalue weighted by Crippen LogP contribution is 2.13. The van der Waals surface area contributed by atoms with E-state index in [2.05, 4.69) is 13.8 Å². The molecule has 0 heterocycles. The third-order valence-electron chi connectivity index (χ3n) is 4.62. The predicted molar refractivity (Wildman–Crippen MR) is 149 cm³/mol. The lowest BCUT2D eigenvalue weighted by atomic mass is 10.1. The molecule has 0 unspecified atom stereocenters. The zero-order valence-electron chi connectivity index (χ0n) is 23.5. The van der Waals surface area contributed by atoms with Crippen molar-refractivity contribution in [3.63, 3.8) is 0 Å². The number of carbonyl (C=O) groups excluding carboxylic acids is 3. The normalized spacial score (nSPS) is 9.95. The van der Waals surface area contributed by atoms with Gasteiger partial charge < -0.3 is 14.2 Å². The third kappa shape index (κ3) is 18.7. The van der Waals surface area contributed by atoms with E-state index < -0.39 is 11.9 Å². The van der Waals surface area contributed by atoms with Gasteiger partial charge in [0.05, 0.1) is 30.9 Å². The molecule has 0 aliphatic carbocycles. The molecule has 0 radical (unpaired) electrons. The quantitative estimate of drug-likeness (QED) is 0.166. The van der Waals surface area contributed by atoms with Gasteiger partial charge in [-0.1, -0.05) is 103 Å². The van der Waals surface area contributed by atoms with Crippen molar-refractivity contribution in [2.24, 2.45) is 11.8 Å². The predicted octanol–water partition coefficient (Wildman–Crippen LogP) is 7.52. The maximum absolute atomic E-state index is 12.0. The minimum atomic E-state index is -0.490. The molecule has 0 aliphatic heterocycles. The Morgan fingerprint density at radius 3 is 1.38 bits per heavy atom. The summed E-state index contributed by atoms with van der Waals surface area (Å²) in [6.45, 7) is 13.2. The highest BCUT2D eigenvalue weighted by molar-refractivity contribution is 6.03. The van der Waals surface area contributed by atoms with Gasteiger partial charge in [0.25, 0.3) is 0 Å². The van der Waals surface area contributed by atoms with Gasteiger partial charge in [0.15, 0.2) is 0 Å². The molecule has 0 aliphatic rings. The van der Waals surface area contributed by atoms with Crippen molar-refractivity contribution in [3.8, 4) is 0 Å². The van der Waals surface area contributed by atoms with Crippen molar-refractivity contribution in [1.29, 1.82) is 0 Å². The summed E-state index contributed by atoms with van der Waals surface area (Å²) in [5, 5.41) is 0. The van der Waals surface area contributed by atoms with Crippen LogP contribution in [0.15, 0.2) is 60.7 Å². The van der Waals surface area contributed by atoms with Crippen LogP contribution >= 0.6 is 0 Å². The molecule has 2 aromatic carbocycles. The first-order valence-corrected chi connectivity index (χ1v) is 13.3. The highest BCUT2D eigenvalue weighted by Gasteiger charge is 2.19. The van der Waals surface area contributed by atoms with E-state index in [1.54, 1.807) is 24.3 Å². The second-order valence-corrected chi connectivity index (χ2v) is 9.36. The Kier molecular flexibility index (Phi) is 20.2. The third-order valence-corrected chi connectivity index (χ3v) is 4.62. The van der Waals surface area contributed by atoms with E-state index in [4.69, 9.17) is 14.2 Å². The van der Waals surface area contributed by atoms with Crippen LogP contribution in [-0.4, -0.2) is 37.7 Å². The lowest BCUT2D eigenvalue weighted by molar-refractivity contribution is -0.143. The summed E-state index contributed by atoms with van der Waals surface area (Å²) in [6.07, 6.45) is 4.66. The highest BCUT2D eigenvalue weighted by atomic mass is 16.5. The molecule has 0 amide bonds. The summed E-state index contributed by atoms with van der Waals surface area (Å²) in [4.78, 5) is 34.8. The molecule has 37 heavy (non-hydrogen) atoms. The van der Waals surface area contributed by atoms with E-state index in [1.807, 2.05) is 64.1 Å². The van der Waals surface area contributed by atoms with Gasteiger partial charge in [-0.15, -0.1) is 0 Å². The van der Waals surface area contributed by atoms with Crippen molar-refractivity contribution in [3.05, 3.63) is 71.8 Å². The number of carbonyl (C=O) groups is 3. The molecule has 0 aromatic heterocycles. The van der Waals surface area contributed by atoms with Crippen LogP contribution < -0.4 is 0 Å². The maximum atomic E-state index is 12.0. The topological polar surface area (TPSA) is 78.9 Å². The molecule has 2 rings (SSSR count). The van der Waals surface area contributed by atoms with E-state index in [0.29, 0.717) is 26.2 Å². The molecule has 0 saturated carbocycles. The van der Waals surface area contributed by atoms with E-state index in [-0.39, 0.29) is 28.9 Å². The van der Waals surface area contributed by atoms with Gasteiger partial charge in [0.1, 0.15) is 0 Å². The van der Waals surface area contributed by atoms with Gasteiger partial charge in [-0.2, -0.15) is 0 Å². The average molecular weight is 515 g/mol. The second-order valence-electron chi connectivity index (χ2n) is 9.36. The molecule has 2 aromatic rings. The number of unbranched alkanes of at least 4 members (excludes halogenated alkanes) is 2. The summed E-state index contributed by atoms with van der Waals surface area (Å²) in [7, 11) is 0. The molecular weight excluding hydrogens is 468 g/mol. The first-order valence-electron chi connectivity index (χ1n) is 13.3. The number of ether oxygens (including phenoxy) is 3. The fourth-order valence-electron chi connectivity index (χ4n) is 2.59. The van der Waals surface area contributed by atoms with Crippen LogP contribution in [0.25, 0.3) is 0 Å². The Bertz CT molecular complexity index is 791. The molecule has 0 N–H and O–H groups in total. The van der Waals surface area contributed by atoms with Crippen molar-refractivity contribution in [2.75, 3.05) is 19.8 Å². The fourth-order valence-corrected chi connectivity index (χ4v) is 2.59. The summed E-state index contributed by atoms with van der Waals surface area (Å²) in [5.41, 5.74) is 0.504. The van der Waals surface area contributed by atoms with Gasteiger partial charge in [-0.3, -0.25) is 4.79 Å². The van der Waals surface area contributed by atoms with Gasteiger partial charge in [0, 0.05) is 6.42 Å². The SMILES string of the molecule is CC(C)COC(=O)c1ccccc1C(=O)OCC(C)C.CCCCOC(=O)CCCC.c1ccccc1. The summed E-state index contributed by atoms with van der Waals surface area (Å²) >= 11 is 0. The Hall–Kier alpha value is -3.15. The zero-order chi connectivity index (χ0) is 27.9. The summed E-state index contributed by atoms with van der Waals surface area (Å²) in [5.74, 6) is -0.523. The molecule has 0 bridgehead atoms. The van der Waals surface area contributed by atoms with Crippen LogP contribution in [-0.2, 0) is 19.0 Å². The Morgan fingerprint density at radius 2 is 1.03 bits per heavy atom. The van der Waals surface area contributed by atoms with E-state index in [0.717, 1.165) is 25.7 Å². The Balaban J connectivity index is 0.000000632. The lowest BCUT2D eigenvalue weighted by Gasteiger charge is -2.11. The molecule has 0 atom stereocenters. The number of hydrogen-bond acceptors (Lipinski definition) is 6. The van der Waals surface area contributed by atoms with Crippen molar-refractivity contribution in [2.45, 2.75) is 73.6 Å². The van der Waals surface area contributed by atoms with Gasteiger partial charge in [-0.05, 0) is 36.8 Å². The minimum absolute atomic E-state index is 0.0414. The van der Waals surface area contributed by atoms with Crippen LogP contribution in [0.3, 0.4) is 0 Å². The van der Waals surface area contributed by atoms with Crippen LogP contribution in [0.1, 0.15) is 94.4 Å². The first-order chi connectivity index (χ1) is 17.7. The largest absolute Gasteiger partial charge is 0.466 e. The minimum Gasteiger partial charge on any atom is -0.466 e. The van der Waals surface area contributed by atoms with E-state index >= 15 is 0 Å². The number of rotatable bonds is 12. The molecule has 6 nitrogen and oxygen atoms in total. The van der Waals surface area contributed by atoms with Crippen molar-refractivity contribution >= 4 is 17.9 Å². The van der Waals surface area contributed by atoms with Gasteiger partial charge in [0.2, 0.25) is 0 Å². The molecule has 6 heteroatoms. The smallest absolute Gasteiger partial charge is 0.339 e. The summed E-state index contributed by atoms with van der Waals surface area (Å²) < 4.78 is 15.3. The standard InChI is InChI=1S/C16H22O4.C9H18O2.C6H6/c1-11(2)9-19-15(17)13-7-5-6-8-14(13)16(18)20-10-12(3)4;1-3-5-7-9(10)11-8-6-4-2;1-2-4-6-5-3-1/h5-8,11-12H,9-10H2,1-4H3;3-8H2,1-2H3;1-6H.